The molecule has 1 nitrogen and oxygen atoms in total. The molecule has 0 fully saturated rings. The third-order valence-corrected chi connectivity index (χ3v) is 6.37. The molecule has 0 spiro atoms. The van der Waals surface area contributed by atoms with Gasteiger partial charge in [-0.05, 0) is 43.7 Å². The SMILES string of the molecule is CCCCCCCC(CCCCCC)N1CCCCCCc2ccccc21. The number of aryl methyl sites for hydroxylation is 1. The molecule has 1 aromatic carbocycles. The lowest BCUT2D eigenvalue weighted by Crippen LogP contribution is -2.37. The minimum atomic E-state index is 0.753. The molecule has 0 N–H and O–H groups in total. The van der Waals surface area contributed by atoms with Crippen LogP contribution < -0.4 is 4.90 Å². The van der Waals surface area contributed by atoms with Crippen LogP contribution in [-0.4, -0.2) is 12.6 Å². The average molecular weight is 372 g/mol. The zero-order valence-corrected chi connectivity index (χ0v) is 18.4. The van der Waals surface area contributed by atoms with E-state index < -0.39 is 0 Å². The molecule has 1 heteroatoms. The first-order chi connectivity index (χ1) is 13.4. The number of para-hydroxylation sites is 1. The Balaban J connectivity index is 2.06. The summed E-state index contributed by atoms with van der Waals surface area (Å²) >= 11 is 0. The summed E-state index contributed by atoms with van der Waals surface area (Å²) in [4.78, 5) is 2.84. The molecule has 0 aliphatic carbocycles. The van der Waals surface area contributed by atoms with E-state index in [1.165, 1.54) is 109 Å². The highest BCUT2D eigenvalue weighted by Crippen LogP contribution is 2.30. The molecular formula is C26H45N. The topological polar surface area (TPSA) is 3.24 Å². The summed E-state index contributed by atoms with van der Waals surface area (Å²) < 4.78 is 0. The van der Waals surface area contributed by atoms with Crippen molar-refractivity contribution < 1.29 is 0 Å². The van der Waals surface area contributed by atoms with Crippen LogP contribution in [0.4, 0.5) is 5.69 Å². The van der Waals surface area contributed by atoms with Gasteiger partial charge in [0.25, 0.3) is 0 Å². The van der Waals surface area contributed by atoms with Crippen LogP contribution in [0.5, 0.6) is 0 Å². The molecule has 27 heavy (non-hydrogen) atoms. The zero-order valence-electron chi connectivity index (χ0n) is 18.4. The molecule has 1 heterocycles. The average Bonchev–Trinajstić information content (AvgIpc) is 2.80. The van der Waals surface area contributed by atoms with Gasteiger partial charge in [0.1, 0.15) is 0 Å². The van der Waals surface area contributed by atoms with Crippen LogP contribution in [0.3, 0.4) is 0 Å². The normalized spacial score (nSPS) is 16.3. The number of rotatable bonds is 12. The van der Waals surface area contributed by atoms with E-state index in [2.05, 4.69) is 43.0 Å². The Hall–Kier alpha value is -0.980. The summed E-state index contributed by atoms with van der Waals surface area (Å²) in [7, 11) is 0. The number of unbranched alkanes of at least 4 members (excludes halogenated alkanes) is 7. The van der Waals surface area contributed by atoms with Gasteiger partial charge in [0.15, 0.2) is 0 Å². The Bertz CT molecular complexity index is 481. The lowest BCUT2D eigenvalue weighted by atomic mass is 9.97. The Kier molecular flexibility index (Phi) is 11.6. The molecular weight excluding hydrogens is 326 g/mol. The Labute approximate surface area is 169 Å². The van der Waals surface area contributed by atoms with Crippen molar-refractivity contribution in [2.45, 2.75) is 123 Å². The highest BCUT2D eigenvalue weighted by Gasteiger charge is 2.21. The Morgan fingerprint density at radius 1 is 0.741 bits per heavy atom. The lowest BCUT2D eigenvalue weighted by molar-refractivity contribution is 0.454. The fourth-order valence-corrected chi connectivity index (χ4v) is 4.70. The van der Waals surface area contributed by atoms with Crippen molar-refractivity contribution in [3.05, 3.63) is 29.8 Å². The Morgan fingerprint density at radius 2 is 1.37 bits per heavy atom. The van der Waals surface area contributed by atoms with Crippen LogP contribution in [0.15, 0.2) is 24.3 Å². The van der Waals surface area contributed by atoms with Crippen molar-refractivity contribution >= 4 is 5.69 Å². The largest absolute Gasteiger partial charge is 0.368 e. The molecule has 0 saturated heterocycles. The monoisotopic (exact) mass is 371 g/mol. The first-order valence-corrected chi connectivity index (χ1v) is 12.2. The van der Waals surface area contributed by atoms with Gasteiger partial charge in [0.05, 0.1) is 0 Å². The molecule has 0 aromatic heterocycles. The molecule has 0 saturated carbocycles. The van der Waals surface area contributed by atoms with E-state index in [1.54, 1.807) is 11.3 Å². The molecule has 0 bridgehead atoms. The van der Waals surface area contributed by atoms with Gasteiger partial charge in [0.2, 0.25) is 0 Å². The van der Waals surface area contributed by atoms with Gasteiger partial charge < -0.3 is 4.90 Å². The van der Waals surface area contributed by atoms with Gasteiger partial charge in [-0.1, -0.05) is 103 Å². The van der Waals surface area contributed by atoms with Crippen molar-refractivity contribution in [1.82, 2.24) is 0 Å². The van der Waals surface area contributed by atoms with E-state index in [0.717, 1.165) is 6.04 Å². The fraction of sp³-hybridized carbons (Fsp3) is 0.769. The fourth-order valence-electron chi connectivity index (χ4n) is 4.70. The molecule has 0 radical (unpaired) electrons. The van der Waals surface area contributed by atoms with E-state index in [9.17, 15) is 0 Å². The summed E-state index contributed by atoms with van der Waals surface area (Å²) in [6.45, 7) is 5.91. The second-order valence-electron chi connectivity index (χ2n) is 8.69. The van der Waals surface area contributed by atoms with Crippen molar-refractivity contribution in [2.75, 3.05) is 11.4 Å². The van der Waals surface area contributed by atoms with Crippen LogP contribution >= 0.6 is 0 Å². The summed E-state index contributed by atoms with van der Waals surface area (Å²) in [6.07, 6.45) is 22.2. The van der Waals surface area contributed by atoms with Crippen molar-refractivity contribution in [3.8, 4) is 0 Å². The molecule has 1 aromatic rings. The van der Waals surface area contributed by atoms with E-state index in [0.29, 0.717) is 0 Å². The second-order valence-corrected chi connectivity index (χ2v) is 8.69. The summed E-state index contributed by atoms with van der Waals surface area (Å²) in [5, 5.41) is 0. The van der Waals surface area contributed by atoms with Crippen LogP contribution in [0.25, 0.3) is 0 Å². The molecule has 2 rings (SSSR count). The minimum Gasteiger partial charge on any atom is -0.368 e. The van der Waals surface area contributed by atoms with Gasteiger partial charge in [-0.2, -0.15) is 0 Å². The van der Waals surface area contributed by atoms with Gasteiger partial charge >= 0.3 is 0 Å². The zero-order chi connectivity index (χ0) is 19.2. The predicted molar refractivity (Wildman–Crippen MR) is 122 cm³/mol. The third-order valence-electron chi connectivity index (χ3n) is 6.37. The maximum atomic E-state index is 2.84. The van der Waals surface area contributed by atoms with Gasteiger partial charge in [-0.15, -0.1) is 0 Å². The molecule has 154 valence electrons. The summed E-state index contributed by atoms with van der Waals surface area (Å²) in [5.74, 6) is 0. The van der Waals surface area contributed by atoms with Gasteiger partial charge in [-0.3, -0.25) is 0 Å². The molecule has 1 unspecified atom stereocenters. The number of hydrogen-bond acceptors (Lipinski definition) is 1. The first-order valence-electron chi connectivity index (χ1n) is 12.2. The molecule has 1 aliphatic heterocycles. The number of anilines is 1. The lowest BCUT2D eigenvalue weighted by Gasteiger charge is -2.35. The first kappa shape index (κ1) is 22.3. The molecule has 1 atom stereocenters. The highest BCUT2D eigenvalue weighted by molar-refractivity contribution is 5.54. The highest BCUT2D eigenvalue weighted by atomic mass is 15.2. The Morgan fingerprint density at radius 3 is 2.11 bits per heavy atom. The van der Waals surface area contributed by atoms with Crippen LogP contribution in [-0.2, 0) is 6.42 Å². The number of nitrogens with zero attached hydrogens (tertiary/aromatic N) is 1. The quantitative estimate of drug-likeness (QED) is 0.334. The van der Waals surface area contributed by atoms with Gasteiger partial charge in [0, 0.05) is 18.3 Å². The van der Waals surface area contributed by atoms with Crippen LogP contribution in [0.1, 0.15) is 116 Å². The van der Waals surface area contributed by atoms with Gasteiger partial charge in [-0.25, -0.2) is 0 Å². The molecule has 1 aliphatic rings. The minimum absolute atomic E-state index is 0.753. The van der Waals surface area contributed by atoms with Crippen molar-refractivity contribution in [2.24, 2.45) is 0 Å². The maximum absolute atomic E-state index is 2.84. The van der Waals surface area contributed by atoms with E-state index in [-0.39, 0.29) is 0 Å². The smallest absolute Gasteiger partial charge is 0.0401 e. The van der Waals surface area contributed by atoms with Crippen LogP contribution in [0, 0.1) is 0 Å². The third kappa shape index (κ3) is 8.28. The second kappa shape index (κ2) is 14.1. The number of benzene rings is 1. The van der Waals surface area contributed by atoms with Crippen molar-refractivity contribution in [3.63, 3.8) is 0 Å². The van der Waals surface area contributed by atoms with E-state index in [4.69, 9.17) is 0 Å². The summed E-state index contributed by atoms with van der Waals surface area (Å²) in [5.41, 5.74) is 3.16. The molecule has 0 amide bonds. The number of fused-ring (bicyclic) bond motifs is 1. The van der Waals surface area contributed by atoms with E-state index >= 15 is 0 Å². The number of hydrogen-bond donors (Lipinski definition) is 0. The predicted octanol–water partition coefficient (Wildman–Crippen LogP) is 8.31. The standard InChI is InChI=1S/C26H45N/c1-3-5-7-9-14-21-25(20-13-8-6-4-2)27-23-17-11-10-12-18-24-19-15-16-22-26(24)27/h15-16,19,22,25H,3-14,17-18,20-21,23H2,1-2H3. The maximum Gasteiger partial charge on any atom is 0.0401 e. The summed E-state index contributed by atoms with van der Waals surface area (Å²) in [6, 6.07) is 10.1. The van der Waals surface area contributed by atoms with E-state index in [1.807, 2.05) is 0 Å². The van der Waals surface area contributed by atoms with Crippen LogP contribution in [0.2, 0.25) is 0 Å². The van der Waals surface area contributed by atoms with Crippen molar-refractivity contribution in [1.29, 1.82) is 0 Å².